The Balaban J connectivity index is 2.43. The zero-order valence-electron chi connectivity index (χ0n) is 11.1. The highest BCUT2D eigenvalue weighted by Gasteiger charge is 2.32. The number of alkyl halides is 2. The van der Waals surface area contributed by atoms with Crippen LogP contribution in [0.3, 0.4) is 0 Å². The average Bonchev–Trinajstić information content (AvgIpc) is 2.50. The fraction of sp³-hybridized carbons (Fsp3) is 0.250. The van der Waals surface area contributed by atoms with Crippen molar-refractivity contribution in [2.75, 3.05) is 11.8 Å². The van der Waals surface area contributed by atoms with Gasteiger partial charge in [-0.3, -0.25) is 0 Å². The molecule has 112 valence electrons. The topological polar surface area (TPSA) is 0 Å². The minimum absolute atomic E-state index is 0.0599. The van der Waals surface area contributed by atoms with Gasteiger partial charge in [0.05, 0.1) is 5.02 Å². The van der Waals surface area contributed by atoms with Crippen molar-refractivity contribution in [3.8, 4) is 0 Å². The van der Waals surface area contributed by atoms with Crippen LogP contribution in [0.2, 0.25) is 5.02 Å². The Labute approximate surface area is 137 Å². The van der Waals surface area contributed by atoms with Crippen LogP contribution in [-0.4, -0.2) is 11.8 Å². The van der Waals surface area contributed by atoms with Gasteiger partial charge < -0.3 is 0 Å². The van der Waals surface area contributed by atoms with Gasteiger partial charge in [-0.25, -0.2) is 8.78 Å². The van der Waals surface area contributed by atoms with Crippen LogP contribution in [0.15, 0.2) is 42.5 Å². The minimum Gasteiger partial charge on any atom is -0.207 e. The third-order valence-corrected chi connectivity index (χ3v) is 4.84. The van der Waals surface area contributed by atoms with Crippen molar-refractivity contribution in [2.24, 2.45) is 0 Å². The van der Waals surface area contributed by atoms with E-state index in [-0.39, 0.29) is 29.0 Å². The molecule has 5 heteroatoms. The highest BCUT2D eigenvalue weighted by molar-refractivity contribution is 6.30. The van der Waals surface area contributed by atoms with Crippen molar-refractivity contribution < 1.29 is 8.78 Å². The second kappa shape index (κ2) is 6.95. The maximum atomic E-state index is 14.1. The summed E-state index contributed by atoms with van der Waals surface area (Å²) < 4.78 is 27.2. The summed E-state index contributed by atoms with van der Waals surface area (Å²) in [7, 11) is 0. The van der Waals surface area contributed by atoms with E-state index >= 15 is 0 Å². The van der Waals surface area contributed by atoms with Gasteiger partial charge >= 0.3 is 0 Å². The molecule has 21 heavy (non-hydrogen) atoms. The molecule has 0 aliphatic carbocycles. The number of rotatable bonds is 5. The van der Waals surface area contributed by atoms with E-state index < -0.39 is 11.2 Å². The van der Waals surface area contributed by atoms with E-state index in [0.29, 0.717) is 5.56 Å². The Morgan fingerprint density at radius 3 is 2.10 bits per heavy atom. The van der Waals surface area contributed by atoms with Gasteiger partial charge in [0.25, 0.3) is 0 Å². The summed E-state index contributed by atoms with van der Waals surface area (Å²) in [5.41, 5.74) is 0.531. The highest BCUT2D eigenvalue weighted by Crippen LogP contribution is 2.33. The van der Waals surface area contributed by atoms with Gasteiger partial charge in [-0.15, -0.1) is 23.2 Å². The number of benzene rings is 2. The van der Waals surface area contributed by atoms with Crippen LogP contribution in [0.5, 0.6) is 0 Å². The molecular weight excluding hydrogens is 337 g/mol. The maximum Gasteiger partial charge on any atom is 0.145 e. The lowest BCUT2D eigenvalue weighted by molar-refractivity contribution is 0.510. The lowest BCUT2D eigenvalue weighted by Gasteiger charge is -2.30. The predicted octanol–water partition coefficient (Wildman–Crippen LogP) is 5.58. The summed E-state index contributed by atoms with van der Waals surface area (Å²) in [6.07, 6.45) is 0.290. The van der Waals surface area contributed by atoms with Crippen molar-refractivity contribution in [1.29, 1.82) is 0 Å². The van der Waals surface area contributed by atoms with Gasteiger partial charge in [-0.1, -0.05) is 35.9 Å². The molecule has 2 rings (SSSR count). The van der Waals surface area contributed by atoms with Crippen LogP contribution in [0.1, 0.15) is 11.1 Å². The van der Waals surface area contributed by atoms with Crippen LogP contribution in [0, 0.1) is 11.6 Å². The minimum atomic E-state index is -0.678. The van der Waals surface area contributed by atoms with Crippen molar-refractivity contribution in [2.45, 2.75) is 11.8 Å². The maximum absolute atomic E-state index is 14.1. The Morgan fingerprint density at radius 2 is 1.52 bits per heavy atom. The Morgan fingerprint density at radius 1 is 0.905 bits per heavy atom. The van der Waals surface area contributed by atoms with Gasteiger partial charge in [0.2, 0.25) is 0 Å². The van der Waals surface area contributed by atoms with Gasteiger partial charge in [0.1, 0.15) is 11.6 Å². The van der Waals surface area contributed by atoms with E-state index in [4.69, 9.17) is 34.8 Å². The molecule has 0 spiro atoms. The molecule has 0 saturated carbocycles. The molecule has 0 aliphatic heterocycles. The fourth-order valence-corrected chi connectivity index (χ4v) is 3.22. The first kappa shape index (κ1) is 16.5. The van der Waals surface area contributed by atoms with Crippen LogP contribution >= 0.6 is 34.8 Å². The predicted molar refractivity (Wildman–Crippen MR) is 84.6 cm³/mol. The molecule has 0 N–H and O–H groups in total. The quantitative estimate of drug-likeness (QED) is 0.618. The monoisotopic (exact) mass is 348 g/mol. The van der Waals surface area contributed by atoms with Gasteiger partial charge in [-0.05, 0) is 35.7 Å². The molecule has 0 amide bonds. The Kier molecular flexibility index (Phi) is 5.48. The summed E-state index contributed by atoms with van der Waals surface area (Å²) in [5.74, 6) is -0.436. The van der Waals surface area contributed by atoms with Crippen LogP contribution in [0.4, 0.5) is 8.78 Å². The number of hydrogen-bond donors (Lipinski definition) is 0. The number of halogens is 5. The first-order valence-electron chi connectivity index (χ1n) is 6.33. The van der Waals surface area contributed by atoms with Gasteiger partial charge in [0.15, 0.2) is 0 Å². The van der Waals surface area contributed by atoms with E-state index in [9.17, 15) is 8.78 Å². The lowest BCUT2D eigenvalue weighted by atomic mass is 9.78. The second-order valence-electron chi connectivity index (χ2n) is 4.94. The molecule has 0 atom stereocenters. The lowest BCUT2D eigenvalue weighted by Crippen LogP contribution is -2.33. The second-order valence-corrected chi connectivity index (χ2v) is 5.89. The van der Waals surface area contributed by atoms with Crippen molar-refractivity contribution in [1.82, 2.24) is 0 Å². The normalized spacial score (nSPS) is 11.7. The Bertz CT molecular complexity index is 607. The van der Waals surface area contributed by atoms with Gasteiger partial charge in [0, 0.05) is 17.2 Å². The standard InChI is InChI=1S/C16H13Cl3F2/c17-9-16(10-18,12-4-6-13(20)7-5-12)8-11-2-1-3-14(19)15(11)21/h1-7H,8-10H2. The summed E-state index contributed by atoms with van der Waals surface area (Å²) in [6, 6.07) is 10.8. The van der Waals surface area contributed by atoms with E-state index in [1.807, 2.05) is 0 Å². The smallest absolute Gasteiger partial charge is 0.145 e. The van der Waals surface area contributed by atoms with Crippen LogP contribution < -0.4 is 0 Å². The third kappa shape index (κ3) is 3.50. The molecular formula is C16H13Cl3F2. The summed E-state index contributed by atoms with van der Waals surface area (Å²) in [5, 5.41) is 0.0599. The molecule has 0 fully saturated rings. The van der Waals surface area contributed by atoms with E-state index in [1.165, 1.54) is 18.2 Å². The molecule has 0 aliphatic rings. The first-order chi connectivity index (χ1) is 10.0. The molecule has 0 radical (unpaired) electrons. The van der Waals surface area contributed by atoms with Crippen molar-refractivity contribution >= 4 is 34.8 Å². The largest absolute Gasteiger partial charge is 0.207 e. The fourth-order valence-electron chi connectivity index (χ4n) is 2.24. The van der Waals surface area contributed by atoms with Crippen LogP contribution in [0.25, 0.3) is 0 Å². The summed E-state index contributed by atoms with van der Waals surface area (Å²) in [4.78, 5) is 0. The summed E-state index contributed by atoms with van der Waals surface area (Å²) in [6.45, 7) is 0. The first-order valence-corrected chi connectivity index (χ1v) is 7.78. The molecule has 0 nitrogen and oxygen atoms in total. The number of hydrogen-bond acceptors (Lipinski definition) is 0. The third-order valence-electron chi connectivity index (χ3n) is 3.53. The van der Waals surface area contributed by atoms with E-state index in [2.05, 4.69) is 0 Å². The van der Waals surface area contributed by atoms with Crippen molar-refractivity contribution in [3.63, 3.8) is 0 Å². The molecule has 0 saturated heterocycles. The average molecular weight is 350 g/mol. The Hall–Kier alpha value is -0.830. The highest BCUT2D eigenvalue weighted by atomic mass is 35.5. The van der Waals surface area contributed by atoms with Crippen LogP contribution in [-0.2, 0) is 11.8 Å². The molecule has 0 unspecified atom stereocenters. The zero-order chi connectivity index (χ0) is 15.5. The summed E-state index contributed by atoms with van der Waals surface area (Å²) >= 11 is 18.0. The van der Waals surface area contributed by atoms with E-state index in [0.717, 1.165) is 5.56 Å². The SMILES string of the molecule is Fc1ccc(C(CCl)(CCl)Cc2cccc(Cl)c2F)cc1. The van der Waals surface area contributed by atoms with Crippen molar-refractivity contribution in [3.05, 3.63) is 70.2 Å². The molecule has 2 aromatic rings. The molecule has 0 heterocycles. The molecule has 0 aromatic heterocycles. The zero-order valence-corrected chi connectivity index (χ0v) is 13.3. The van der Waals surface area contributed by atoms with E-state index in [1.54, 1.807) is 24.3 Å². The van der Waals surface area contributed by atoms with Gasteiger partial charge in [-0.2, -0.15) is 0 Å². The molecule has 0 bridgehead atoms. The molecule has 2 aromatic carbocycles.